The largest absolute Gasteiger partial charge is 0.255 e. The summed E-state index contributed by atoms with van der Waals surface area (Å²) in [7, 11) is 0. The molecular formula is C17H10F2IN. The summed E-state index contributed by atoms with van der Waals surface area (Å²) in [6, 6.07) is 14.5. The van der Waals surface area contributed by atoms with E-state index >= 15 is 0 Å². The van der Waals surface area contributed by atoms with Crippen molar-refractivity contribution >= 4 is 22.6 Å². The molecule has 0 spiro atoms. The zero-order chi connectivity index (χ0) is 14.8. The van der Waals surface area contributed by atoms with Gasteiger partial charge in [0.25, 0.3) is 0 Å². The molecule has 0 aliphatic rings. The van der Waals surface area contributed by atoms with Gasteiger partial charge < -0.3 is 0 Å². The summed E-state index contributed by atoms with van der Waals surface area (Å²) in [5.74, 6) is -0.630. The lowest BCUT2D eigenvalue weighted by molar-refractivity contribution is 0.627. The minimum Gasteiger partial charge on any atom is -0.255 e. The number of rotatable bonds is 2. The van der Waals surface area contributed by atoms with E-state index in [4.69, 9.17) is 0 Å². The molecule has 0 aliphatic carbocycles. The van der Waals surface area contributed by atoms with Gasteiger partial charge in [0.05, 0.1) is 5.69 Å². The molecule has 0 amide bonds. The van der Waals surface area contributed by atoms with Crippen LogP contribution in [-0.4, -0.2) is 4.98 Å². The van der Waals surface area contributed by atoms with Gasteiger partial charge in [-0.1, -0.05) is 24.3 Å². The first kappa shape index (κ1) is 14.1. The molecule has 4 heteroatoms. The predicted octanol–water partition coefficient (Wildman–Crippen LogP) is 5.30. The van der Waals surface area contributed by atoms with E-state index in [1.807, 2.05) is 12.1 Å². The molecule has 0 saturated heterocycles. The molecule has 3 rings (SSSR count). The first-order valence-corrected chi connectivity index (χ1v) is 7.39. The molecule has 0 saturated carbocycles. The van der Waals surface area contributed by atoms with Crippen LogP contribution in [0.4, 0.5) is 8.78 Å². The molecule has 0 fully saturated rings. The highest BCUT2D eigenvalue weighted by atomic mass is 127. The van der Waals surface area contributed by atoms with Crippen molar-refractivity contribution in [3.05, 3.63) is 76.0 Å². The molecule has 0 aliphatic heterocycles. The Morgan fingerprint density at radius 3 is 2.10 bits per heavy atom. The lowest BCUT2D eigenvalue weighted by Gasteiger charge is -2.10. The van der Waals surface area contributed by atoms with E-state index in [-0.39, 0.29) is 11.6 Å². The smallest absolute Gasteiger partial charge is 0.123 e. The van der Waals surface area contributed by atoms with Crippen LogP contribution < -0.4 is 0 Å². The first-order chi connectivity index (χ1) is 10.1. The van der Waals surface area contributed by atoms with Gasteiger partial charge in [0.1, 0.15) is 11.6 Å². The number of benzene rings is 2. The fraction of sp³-hybridized carbons (Fsp3) is 0. The molecule has 1 nitrogen and oxygen atoms in total. The molecule has 0 unspecified atom stereocenters. The van der Waals surface area contributed by atoms with E-state index in [9.17, 15) is 8.78 Å². The van der Waals surface area contributed by atoms with Crippen molar-refractivity contribution in [1.29, 1.82) is 0 Å². The fourth-order valence-electron chi connectivity index (χ4n) is 2.18. The monoisotopic (exact) mass is 393 g/mol. The van der Waals surface area contributed by atoms with Gasteiger partial charge in [-0.25, -0.2) is 8.78 Å². The molecule has 0 radical (unpaired) electrons. The van der Waals surface area contributed by atoms with Crippen LogP contribution in [0.1, 0.15) is 0 Å². The maximum atomic E-state index is 13.5. The predicted molar refractivity (Wildman–Crippen MR) is 87.7 cm³/mol. The Morgan fingerprint density at radius 2 is 1.43 bits per heavy atom. The fourth-order valence-corrected chi connectivity index (χ4v) is 2.63. The Kier molecular flexibility index (Phi) is 3.96. The summed E-state index contributed by atoms with van der Waals surface area (Å²) < 4.78 is 27.8. The van der Waals surface area contributed by atoms with Crippen molar-refractivity contribution in [2.75, 3.05) is 0 Å². The summed E-state index contributed by atoms with van der Waals surface area (Å²) in [5.41, 5.74) is 2.82. The number of hydrogen-bond acceptors (Lipinski definition) is 1. The second-order valence-electron chi connectivity index (χ2n) is 4.57. The van der Waals surface area contributed by atoms with Crippen LogP contribution in [0.2, 0.25) is 0 Å². The standard InChI is InChI=1S/C17H10F2IN/c18-13-5-1-3-11(7-13)16-9-15(20)10-21-17(16)12-4-2-6-14(19)8-12/h1-10H. The van der Waals surface area contributed by atoms with Gasteiger partial charge in [0.2, 0.25) is 0 Å². The highest BCUT2D eigenvalue weighted by Gasteiger charge is 2.11. The second-order valence-corrected chi connectivity index (χ2v) is 5.82. The average Bonchev–Trinajstić information content (AvgIpc) is 2.47. The molecule has 3 aromatic rings. The van der Waals surface area contributed by atoms with Crippen LogP contribution in [0.25, 0.3) is 22.4 Å². The Labute approximate surface area is 134 Å². The molecule has 0 atom stereocenters. The van der Waals surface area contributed by atoms with Gasteiger partial charge in [-0.3, -0.25) is 4.98 Å². The Morgan fingerprint density at radius 1 is 0.810 bits per heavy atom. The van der Waals surface area contributed by atoms with Crippen molar-refractivity contribution < 1.29 is 8.78 Å². The number of nitrogens with zero attached hydrogens (tertiary/aromatic N) is 1. The highest BCUT2D eigenvalue weighted by Crippen LogP contribution is 2.32. The zero-order valence-electron chi connectivity index (χ0n) is 10.9. The number of halogens is 3. The van der Waals surface area contributed by atoms with Crippen LogP contribution in [0, 0.1) is 15.2 Å². The lowest BCUT2D eigenvalue weighted by Crippen LogP contribution is -1.92. The minimum absolute atomic E-state index is 0.309. The zero-order valence-corrected chi connectivity index (χ0v) is 13.0. The first-order valence-electron chi connectivity index (χ1n) is 6.31. The maximum absolute atomic E-state index is 13.5. The molecule has 0 bridgehead atoms. The molecule has 1 heterocycles. The Bertz CT molecular complexity index is 802. The maximum Gasteiger partial charge on any atom is 0.123 e. The van der Waals surface area contributed by atoms with E-state index in [2.05, 4.69) is 27.6 Å². The van der Waals surface area contributed by atoms with Gasteiger partial charge in [0.15, 0.2) is 0 Å². The molecule has 2 aromatic carbocycles. The van der Waals surface area contributed by atoms with Crippen molar-refractivity contribution in [2.24, 2.45) is 0 Å². The van der Waals surface area contributed by atoms with E-state index < -0.39 is 0 Å². The number of aromatic nitrogens is 1. The van der Waals surface area contributed by atoms with Gasteiger partial charge in [-0.15, -0.1) is 0 Å². The van der Waals surface area contributed by atoms with Gasteiger partial charge in [0, 0.05) is 20.9 Å². The van der Waals surface area contributed by atoms with Crippen molar-refractivity contribution in [1.82, 2.24) is 4.98 Å². The third-order valence-electron chi connectivity index (χ3n) is 3.09. The molecular weight excluding hydrogens is 383 g/mol. The summed E-state index contributed by atoms with van der Waals surface area (Å²) in [4.78, 5) is 4.40. The van der Waals surface area contributed by atoms with E-state index in [1.165, 1.54) is 24.3 Å². The SMILES string of the molecule is Fc1cccc(-c2cc(I)cnc2-c2cccc(F)c2)c1. The van der Waals surface area contributed by atoms with Gasteiger partial charge >= 0.3 is 0 Å². The van der Waals surface area contributed by atoms with Crippen LogP contribution >= 0.6 is 22.6 Å². The summed E-state index contributed by atoms with van der Waals surface area (Å²) in [5, 5.41) is 0. The van der Waals surface area contributed by atoms with Crippen molar-refractivity contribution in [2.45, 2.75) is 0 Å². The molecule has 1 aromatic heterocycles. The molecule has 0 N–H and O–H groups in total. The number of pyridine rings is 1. The minimum atomic E-state index is -0.321. The molecule has 21 heavy (non-hydrogen) atoms. The topological polar surface area (TPSA) is 12.9 Å². The second kappa shape index (κ2) is 5.89. The van der Waals surface area contributed by atoms with E-state index in [0.717, 1.165) is 14.7 Å². The van der Waals surface area contributed by atoms with E-state index in [0.29, 0.717) is 11.3 Å². The lowest BCUT2D eigenvalue weighted by atomic mass is 9.99. The van der Waals surface area contributed by atoms with Crippen molar-refractivity contribution in [3.8, 4) is 22.4 Å². The van der Waals surface area contributed by atoms with Crippen LogP contribution in [-0.2, 0) is 0 Å². The third kappa shape index (κ3) is 3.10. The summed E-state index contributed by atoms with van der Waals surface area (Å²) in [6.45, 7) is 0. The van der Waals surface area contributed by atoms with Gasteiger partial charge in [-0.05, 0) is 58.5 Å². The average molecular weight is 393 g/mol. The molecule has 104 valence electrons. The normalized spacial score (nSPS) is 10.6. The van der Waals surface area contributed by atoms with Crippen LogP contribution in [0.3, 0.4) is 0 Å². The quantitative estimate of drug-likeness (QED) is 0.539. The van der Waals surface area contributed by atoms with E-state index in [1.54, 1.807) is 24.4 Å². The Balaban J connectivity index is 2.22. The summed E-state index contributed by atoms with van der Waals surface area (Å²) in [6.07, 6.45) is 1.71. The summed E-state index contributed by atoms with van der Waals surface area (Å²) >= 11 is 2.15. The van der Waals surface area contributed by atoms with Crippen LogP contribution in [0.5, 0.6) is 0 Å². The number of hydrogen-bond donors (Lipinski definition) is 0. The van der Waals surface area contributed by atoms with Gasteiger partial charge in [-0.2, -0.15) is 0 Å². The van der Waals surface area contributed by atoms with Crippen molar-refractivity contribution in [3.63, 3.8) is 0 Å². The highest BCUT2D eigenvalue weighted by molar-refractivity contribution is 14.1. The van der Waals surface area contributed by atoms with Crippen LogP contribution in [0.15, 0.2) is 60.8 Å². The third-order valence-corrected chi connectivity index (χ3v) is 3.68. The Hall–Kier alpha value is -1.82.